The van der Waals surface area contributed by atoms with E-state index in [1.165, 1.54) is 23.7 Å². The lowest BCUT2D eigenvalue weighted by Gasteiger charge is -2.05. The van der Waals surface area contributed by atoms with E-state index in [-0.39, 0.29) is 13.1 Å². The van der Waals surface area contributed by atoms with E-state index in [0.29, 0.717) is 10.6 Å². The Bertz CT molecular complexity index is 648. The smallest absolute Gasteiger partial charge is 0.309 e. The quantitative estimate of drug-likeness (QED) is 0.553. The first-order chi connectivity index (χ1) is 10.6. The molecule has 0 aromatic carbocycles. The van der Waals surface area contributed by atoms with Crippen LogP contribution in [0.4, 0.5) is 0 Å². The third-order valence-corrected chi connectivity index (χ3v) is 3.94. The number of furan rings is 1. The van der Waals surface area contributed by atoms with E-state index >= 15 is 0 Å². The zero-order valence-electron chi connectivity index (χ0n) is 11.7. The summed E-state index contributed by atoms with van der Waals surface area (Å²) >= 11 is 1.34. The van der Waals surface area contributed by atoms with Crippen molar-refractivity contribution in [1.82, 2.24) is 10.6 Å². The third kappa shape index (κ3) is 4.06. The minimum absolute atomic E-state index is 0.218. The Hall–Kier alpha value is -2.38. The summed E-state index contributed by atoms with van der Waals surface area (Å²) in [6, 6.07) is 6.94. The number of hydrogen-bond donors (Lipinski definition) is 3. The van der Waals surface area contributed by atoms with Crippen LogP contribution in [0, 0.1) is 0 Å². The van der Waals surface area contributed by atoms with Crippen molar-refractivity contribution in [2.75, 3.05) is 6.54 Å². The van der Waals surface area contributed by atoms with Crippen molar-refractivity contribution >= 4 is 23.2 Å². The lowest BCUT2D eigenvalue weighted by Crippen LogP contribution is -2.39. The maximum atomic E-state index is 11.5. The first-order valence-electron chi connectivity index (χ1n) is 6.59. The number of nitrogens with one attached hydrogen (secondary N) is 2. The molecule has 0 saturated heterocycles. The Kier molecular flexibility index (Phi) is 5.51. The monoisotopic (exact) mass is 320 g/mol. The van der Waals surface area contributed by atoms with E-state index in [1.54, 1.807) is 24.3 Å². The van der Waals surface area contributed by atoms with Crippen molar-refractivity contribution in [3.63, 3.8) is 0 Å². The first kappa shape index (κ1) is 16.0. The molecular weight excluding hydrogens is 304 g/mol. The molecule has 1 unspecified atom stereocenters. The maximum absolute atomic E-state index is 11.5. The summed E-state index contributed by atoms with van der Waals surface area (Å²) in [6.45, 7) is 3.91. The third-order valence-electron chi connectivity index (χ3n) is 2.80. The highest BCUT2D eigenvalue weighted by atomic mass is 32.1. The normalized spacial score (nSPS) is 11.7. The van der Waals surface area contributed by atoms with Crippen molar-refractivity contribution in [2.45, 2.75) is 12.6 Å². The van der Waals surface area contributed by atoms with E-state index in [4.69, 9.17) is 4.42 Å². The number of thiophene rings is 1. The Labute approximate surface area is 131 Å². The molecule has 2 rings (SSSR count). The second kappa shape index (κ2) is 7.58. The zero-order valence-corrected chi connectivity index (χ0v) is 12.6. The van der Waals surface area contributed by atoms with Gasteiger partial charge in [-0.25, -0.2) is 0 Å². The molecule has 0 fully saturated rings. The van der Waals surface area contributed by atoms with Crippen LogP contribution in [-0.4, -0.2) is 23.5 Å². The highest BCUT2D eigenvalue weighted by molar-refractivity contribution is 7.12. The van der Waals surface area contributed by atoms with Crippen LogP contribution in [0.5, 0.6) is 0 Å². The van der Waals surface area contributed by atoms with E-state index in [9.17, 15) is 14.7 Å². The summed E-state index contributed by atoms with van der Waals surface area (Å²) in [6.07, 6.45) is 2.15. The molecule has 6 nitrogen and oxygen atoms in total. The molecule has 0 bridgehead atoms. The van der Waals surface area contributed by atoms with Gasteiger partial charge in [0.2, 0.25) is 0 Å². The fraction of sp³-hybridized carbons (Fsp3) is 0.200. The second-order valence-corrected chi connectivity index (χ2v) is 5.60. The number of amides is 2. The average Bonchev–Trinajstić information content (AvgIpc) is 3.20. The van der Waals surface area contributed by atoms with Gasteiger partial charge in [0.1, 0.15) is 11.9 Å². The van der Waals surface area contributed by atoms with E-state index < -0.39 is 17.9 Å². The number of aliphatic hydroxyl groups excluding tert-OH is 1. The van der Waals surface area contributed by atoms with Crippen molar-refractivity contribution in [3.8, 4) is 0 Å². The summed E-state index contributed by atoms with van der Waals surface area (Å²) in [4.78, 5) is 24.4. The van der Waals surface area contributed by atoms with Crippen molar-refractivity contribution in [2.24, 2.45) is 0 Å². The lowest BCUT2D eigenvalue weighted by atomic mass is 10.2. The molecule has 22 heavy (non-hydrogen) atoms. The van der Waals surface area contributed by atoms with Crippen LogP contribution >= 0.6 is 11.3 Å². The topological polar surface area (TPSA) is 91.6 Å². The molecule has 0 aliphatic rings. The molecular formula is C15H16N2O4S. The average molecular weight is 320 g/mol. The first-order valence-corrected chi connectivity index (χ1v) is 7.40. The number of hydrogen-bond acceptors (Lipinski definition) is 5. The van der Waals surface area contributed by atoms with Gasteiger partial charge in [-0.1, -0.05) is 6.08 Å². The van der Waals surface area contributed by atoms with E-state index in [1.807, 2.05) is 0 Å². The number of aliphatic hydroxyl groups is 1. The van der Waals surface area contributed by atoms with Crippen LogP contribution in [0.3, 0.4) is 0 Å². The molecule has 0 saturated carbocycles. The van der Waals surface area contributed by atoms with Gasteiger partial charge < -0.3 is 20.2 Å². The van der Waals surface area contributed by atoms with Crippen LogP contribution in [0.2, 0.25) is 0 Å². The standard InChI is InChI=1S/C15H16N2O4S/c1-2-7-16-14(19)15(20)17-9-10-5-6-12(22-10)13(18)11-4-3-8-21-11/h2-6,8,13,18H,1,7,9H2,(H,16,19)(H,17,20). The highest BCUT2D eigenvalue weighted by Gasteiger charge is 2.16. The number of carbonyl (C=O) groups is 2. The lowest BCUT2D eigenvalue weighted by molar-refractivity contribution is -0.139. The number of carbonyl (C=O) groups excluding carboxylic acids is 2. The maximum Gasteiger partial charge on any atom is 0.309 e. The van der Waals surface area contributed by atoms with Crippen LogP contribution in [0.1, 0.15) is 21.6 Å². The van der Waals surface area contributed by atoms with Crippen molar-refractivity contribution < 1.29 is 19.1 Å². The van der Waals surface area contributed by atoms with Gasteiger partial charge in [-0.05, 0) is 24.3 Å². The highest BCUT2D eigenvalue weighted by Crippen LogP contribution is 2.28. The van der Waals surface area contributed by atoms with Gasteiger partial charge >= 0.3 is 11.8 Å². The molecule has 7 heteroatoms. The molecule has 0 aliphatic carbocycles. The van der Waals surface area contributed by atoms with Gasteiger partial charge in [-0.15, -0.1) is 17.9 Å². The summed E-state index contributed by atoms with van der Waals surface area (Å²) < 4.78 is 5.15. The molecule has 2 aromatic rings. The van der Waals surface area contributed by atoms with Gasteiger partial charge in [0.05, 0.1) is 12.8 Å². The molecule has 116 valence electrons. The molecule has 3 N–H and O–H groups in total. The van der Waals surface area contributed by atoms with Gasteiger partial charge in [-0.2, -0.15) is 0 Å². The van der Waals surface area contributed by atoms with Gasteiger partial charge in [0, 0.05) is 16.3 Å². The summed E-state index contributed by atoms with van der Waals surface area (Å²) in [5.74, 6) is -0.947. The predicted molar refractivity (Wildman–Crippen MR) is 82.1 cm³/mol. The fourth-order valence-electron chi connectivity index (χ4n) is 1.72. The van der Waals surface area contributed by atoms with Gasteiger partial charge in [0.15, 0.2) is 0 Å². The van der Waals surface area contributed by atoms with Crippen LogP contribution in [0.15, 0.2) is 47.6 Å². The van der Waals surface area contributed by atoms with Crippen molar-refractivity contribution in [3.05, 3.63) is 58.7 Å². The minimum Gasteiger partial charge on any atom is -0.466 e. The van der Waals surface area contributed by atoms with Gasteiger partial charge in [-0.3, -0.25) is 9.59 Å². The van der Waals surface area contributed by atoms with E-state index in [2.05, 4.69) is 17.2 Å². The fourth-order valence-corrected chi connectivity index (χ4v) is 2.66. The molecule has 0 aliphatic heterocycles. The second-order valence-electron chi connectivity index (χ2n) is 4.40. The SMILES string of the molecule is C=CCNC(=O)C(=O)NCc1ccc(C(O)c2ccco2)s1. The zero-order chi connectivity index (χ0) is 15.9. The van der Waals surface area contributed by atoms with Gasteiger partial charge in [0.25, 0.3) is 0 Å². The predicted octanol–water partition coefficient (Wildman–Crippen LogP) is 1.34. The summed E-state index contributed by atoms with van der Waals surface area (Å²) in [7, 11) is 0. The molecule has 2 aromatic heterocycles. The Morgan fingerprint density at radius 2 is 2.09 bits per heavy atom. The summed E-state index contributed by atoms with van der Waals surface area (Å²) in [5.41, 5.74) is 0. The minimum atomic E-state index is -0.833. The number of rotatable bonds is 6. The molecule has 1 atom stereocenters. The van der Waals surface area contributed by atoms with Crippen LogP contribution in [-0.2, 0) is 16.1 Å². The Morgan fingerprint density at radius 3 is 2.77 bits per heavy atom. The molecule has 2 heterocycles. The van der Waals surface area contributed by atoms with Crippen LogP contribution in [0.25, 0.3) is 0 Å². The molecule has 0 radical (unpaired) electrons. The largest absolute Gasteiger partial charge is 0.466 e. The Morgan fingerprint density at radius 1 is 1.32 bits per heavy atom. The Balaban J connectivity index is 1.88. The molecule has 2 amide bonds. The van der Waals surface area contributed by atoms with Crippen molar-refractivity contribution in [1.29, 1.82) is 0 Å². The summed E-state index contributed by atoms with van der Waals surface area (Å²) in [5, 5.41) is 15.0. The van der Waals surface area contributed by atoms with Crippen LogP contribution < -0.4 is 10.6 Å². The molecule has 0 spiro atoms. The van der Waals surface area contributed by atoms with E-state index in [0.717, 1.165) is 4.88 Å².